The van der Waals surface area contributed by atoms with Crippen LogP contribution in [0.25, 0.3) is 16.6 Å². The van der Waals surface area contributed by atoms with Crippen molar-refractivity contribution in [2.24, 2.45) is 0 Å². The normalized spacial score (nSPS) is 12.2. The van der Waals surface area contributed by atoms with Gasteiger partial charge in [0.15, 0.2) is 5.78 Å². The summed E-state index contributed by atoms with van der Waals surface area (Å²) < 4.78 is 15.2. The summed E-state index contributed by atoms with van der Waals surface area (Å²) in [6.07, 6.45) is 1.74. The Morgan fingerprint density at radius 1 is 1.00 bits per heavy atom. The number of benzene rings is 3. The Labute approximate surface area is 181 Å². The first-order valence-corrected chi connectivity index (χ1v) is 10.4. The third-order valence-electron chi connectivity index (χ3n) is 4.91. The molecule has 1 N–H and O–H groups in total. The second-order valence-corrected chi connectivity index (χ2v) is 7.95. The van der Waals surface area contributed by atoms with Crippen molar-refractivity contribution in [2.75, 3.05) is 0 Å². The van der Waals surface area contributed by atoms with E-state index in [-0.39, 0.29) is 5.78 Å². The van der Waals surface area contributed by atoms with E-state index in [2.05, 4.69) is 20.5 Å². The molecule has 8 heteroatoms. The van der Waals surface area contributed by atoms with Crippen molar-refractivity contribution in [1.82, 2.24) is 25.2 Å². The topological polar surface area (TPSA) is 76.5 Å². The molecule has 1 unspecified atom stereocenters. The summed E-state index contributed by atoms with van der Waals surface area (Å²) in [6.45, 7) is 0. The van der Waals surface area contributed by atoms with Gasteiger partial charge in [-0.2, -0.15) is 4.68 Å². The maximum Gasteiger partial charge on any atom is 0.215 e. The number of fused-ring (bicyclic) bond motifs is 1. The molecule has 0 amide bonds. The van der Waals surface area contributed by atoms with Gasteiger partial charge in [-0.15, -0.1) is 5.10 Å². The van der Waals surface area contributed by atoms with Gasteiger partial charge in [0.2, 0.25) is 5.16 Å². The summed E-state index contributed by atoms with van der Waals surface area (Å²) in [5, 5.41) is 12.5. The van der Waals surface area contributed by atoms with Gasteiger partial charge < -0.3 is 4.98 Å². The smallest absolute Gasteiger partial charge is 0.215 e. The lowest BCUT2D eigenvalue weighted by Crippen LogP contribution is -2.11. The molecular formula is C23H16FN5OS. The molecule has 31 heavy (non-hydrogen) atoms. The number of H-pyrrole nitrogens is 1. The first-order valence-electron chi connectivity index (χ1n) is 9.57. The monoisotopic (exact) mass is 429 g/mol. The highest BCUT2D eigenvalue weighted by Gasteiger charge is 2.28. The van der Waals surface area contributed by atoms with Crippen LogP contribution in [0.4, 0.5) is 4.39 Å². The molecule has 6 nitrogen and oxygen atoms in total. The van der Waals surface area contributed by atoms with Crippen LogP contribution in [0.3, 0.4) is 0 Å². The number of thioether (sulfide) groups is 1. The lowest BCUT2D eigenvalue weighted by atomic mass is 10.0. The van der Waals surface area contributed by atoms with Crippen molar-refractivity contribution < 1.29 is 9.18 Å². The molecule has 0 aliphatic carbocycles. The zero-order valence-electron chi connectivity index (χ0n) is 16.1. The molecule has 0 spiro atoms. The Hall–Kier alpha value is -3.78. The molecule has 2 aromatic heterocycles. The van der Waals surface area contributed by atoms with Gasteiger partial charge in [0.05, 0.1) is 5.69 Å². The maximum absolute atomic E-state index is 13.7. The Balaban J connectivity index is 1.56. The molecule has 1 atom stereocenters. The fraction of sp³-hybridized carbons (Fsp3) is 0.0435. The van der Waals surface area contributed by atoms with Crippen molar-refractivity contribution in [2.45, 2.75) is 10.4 Å². The fourth-order valence-corrected chi connectivity index (χ4v) is 4.51. The lowest BCUT2D eigenvalue weighted by Gasteiger charge is -2.15. The first kappa shape index (κ1) is 19.2. The van der Waals surface area contributed by atoms with Crippen LogP contribution < -0.4 is 0 Å². The number of nitrogens with zero attached hydrogens (tertiary/aromatic N) is 4. The summed E-state index contributed by atoms with van der Waals surface area (Å²) in [4.78, 5) is 16.8. The minimum absolute atomic E-state index is 0.0672. The molecule has 0 bridgehead atoms. The zero-order valence-corrected chi connectivity index (χ0v) is 17.0. The van der Waals surface area contributed by atoms with Crippen molar-refractivity contribution in [1.29, 1.82) is 0 Å². The third-order valence-corrected chi connectivity index (χ3v) is 6.10. The number of hydrogen-bond acceptors (Lipinski definition) is 5. The summed E-state index contributed by atoms with van der Waals surface area (Å²) in [7, 11) is 0. The van der Waals surface area contributed by atoms with E-state index >= 15 is 0 Å². The number of aromatic nitrogens is 5. The van der Waals surface area contributed by atoms with Gasteiger partial charge in [0.1, 0.15) is 11.1 Å². The van der Waals surface area contributed by atoms with E-state index in [0.717, 1.165) is 16.5 Å². The summed E-state index contributed by atoms with van der Waals surface area (Å²) >= 11 is 1.23. The number of Topliss-reactive ketones (excluding diaryl/α,β-unsaturated/α-hetero) is 1. The lowest BCUT2D eigenvalue weighted by molar-refractivity contribution is 0.0991. The molecule has 0 saturated carbocycles. The average molecular weight is 429 g/mol. The van der Waals surface area contributed by atoms with Gasteiger partial charge >= 0.3 is 0 Å². The Morgan fingerprint density at radius 2 is 1.81 bits per heavy atom. The van der Waals surface area contributed by atoms with Gasteiger partial charge in [-0.25, -0.2) is 4.39 Å². The number of nitrogens with one attached hydrogen (secondary N) is 1. The largest absolute Gasteiger partial charge is 0.360 e. The number of carbonyl (C=O) groups is 1. The highest BCUT2D eigenvalue weighted by molar-refractivity contribution is 8.00. The predicted molar refractivity (Wildman–Crippen MR) is 117 cm³/mol. The highest BCUT2D eigenvalue weighted by Crippen LogP contribution is 2.38. The van der Waals surface area contributed by atoms with Crippen LogP contribution in [-0.2, 0) is 0 Å². The van der Waals surface area contributed by atoms with Gasteiger partial charge in [-0.1, -0.05) is 66.4 Å². The molecule has 5 aromatic rings. The second-order valence-electron chi connectivity index (χ2n) is 6.87. The van der Waals surface area contributed by atoms with Crippen LogP contribution >= 0.6 is 11.8 Å². The van der Waals surface area contributed by atoms with E-state index in [9.17, 15) is 9.18 Å². The molecule has 0 aliphatic rings. The number of halogens is 1. The van der Waals surface area contributed by atoms with E-state index in [1.54, 1.807) is 18.3 Å². The predicted octanol–water partition coefficient (Wildman–Crippen LogP) is 5.00. The summed E-state index contributed by atoms with van der Waals surface area (Å²) in [5.74, 6) is -0.458. The Morgan fingerprint density at radius 3 is 2.65 bits per heavy atom. The van der Waals surface area contributed by atoms with E-state index < -0.39 is 11.1 Å². The molecule has 2 heterocycles. The fourth-order valence-electron chi connectivity index (χ4n) is 3.45. The quantitative estimate of drug-likeness (QED) is 0.304. The average Bonchev–Trinajstić information content (AvgIpc) is 3.45. The number of para-hydroxylation sites is 1. The minimum Gasteiger partial charge on any atom is -0.360 e. The standard InChI is InChI=1S/C23H16FN5OS/c24-16-9-6-10-17(13-16)29-23(26-27-28-29)31-22(15-7-2-1-3-8-15)21(30)19-14-25-20-12-5-4-11-18(19)20/h1-14,22,25H. The number of tetrazole rings is 1. The van der Waals surface area contributed by atoms with Crippen molar-refractivity contribution >= 4 is 28.4 Å². The van der Waals surface area contributed by atoms with Crippen LogP contribution in [0.2, 0.25) is 0 Å². The van der Waals surface area contributed by atoms with E-state index in [1.165, 1.54) is 28.6 Å². The molecule has 0 aliphatic heterocycles. The van der Waals surface area contributed by atoms with Gasteiger partial charge in [0.25, 0.3) is 0 Å². The van der Waals surface area contributed by atoms with Crippen molar-refractivity contribution in [3.8, 4) is 5.69 Å². The molecule has 5 rings (SSSR count). The molecule has 152 valence electrons. The molecule has 0 saturated heterocycles. The number of aromatic amines is 1. The number of ketones is 1. The van der Waals surface area contributed by atoms with E-state index in [4.69, 9.17) is 0 Å². The number of carbonyl (C=O) groups excluding carboxylic acids is 1. The maximum atomic E-state index is 13.7. The van der Waals surface area contributed by atoms with Crippen molar-refractivity contribution in [3.05, 3.63) is 102 Å². The van der Waals surface area contributed by atoms with Gasteiger partial charge in [-0.3, -0.25) is 4.79 Å². The van der Waals surface area contributed by atoms with Crippen LogP contribution in [-0.4, -0.2) is 31.0 Å². The highest BCUT2D eigenvalue weighted by atomic mass is 32.2. The van der Waals surface area contributed by atoms with Crippen LogP contribution in [0.15, 0.2) is 90.2 Å². The molecule has 0 fully saturated rings. The third kappa shape index (κ3) is 3.73. The van der Waals surface area contributed by atoms with Crippen LogP contribution in [0.1, 0.15) is 21.2 Å². The molecule has 0 radical (unpaired) electrons. The molecule has 3 aromatic carbocycles. The Kier molecular flexibility index (Phi) is 5.05. The summed E-state index contributed by atoms with van der Waals surface area (Å²) in [5.41, 5.74) is 2.81. The SMILES string of the molecule is O=C(c1c[nH]c2ccccc12)C(Sc1nnnn1-c1cccc(F)c1)c1ccccc1. The Bertz CT molecular complexity index is 1360. The zero-order chi connectivity index (χ0) is 21.2. The number of hydrogen-bond donors (Lipinski definition) is 1. The molecular weight excluding hydrogens is 413 g/mol. The minimum atomic E-state index is -0.585. The first-order chi connectivity index (χ1) is 15.2. The van der Waals surface area contributed by atoms with Gasteiger partial charge in [-0.05, 0) is 40.3 Å². The van der Waals surface area contributed by atoms with Gasteiger partial charge in [0, 0.05) is 22.7 Å². The van der Waals surface area contributed by atoms with E-state index in [0.29, 0.717) is 16.4 Å². The van der Waals surface area contributed by atoms with Crippen molar-refractivity contribution in [3.63, 3.8) is 0 Å². The second kappa shape index (κ2) is 8.16. The summed E-state index contributed by atoms with van der Waals surface area (Å²) in [6, 6.07) is 23.2. The van der Waals surface area contributed by atoms with E-state index in [1.807, 2.05) is 54.6 Å². The van der Waals surface area contributed by atoms with Crippen LogP contribution in [0.5, 0.6) is 0 Å². The van der Waals surface area contributed by atoms with Crippen LogP contribution in [0, 0.1) is 5.82 Å². The number of rotatable bonds is 6.